The van der Waals surface area contributed by atoms with Crippen molar-refractivity contribution < 1.29 is 9.52 Å². The van der Waals surface area contributed by atoms with Crippen LogP contribution in [-0.2, 0) is 6.42 Å². The van der Waals surface area contributed by atoms with Gasteiger partial charge in [-0.2, -0.15) is 0 Å². The van der Waals surface area contributed by atoms with E-state index in [9.17, 15) is 0 Å². The zero-order valence-corrected chi connectivity index (χ0v) is 9.03. The summed E-state index contributed by atoms with van der Waals surface area (Å²) < 4.78 is 5.49. The van der Waals surface area contributed by atoms with Gasteiger partial charge in [-0.15, -0.1) is 0 Å². The number of aliphatic hydroxyl groups excluding tert-OH is 1. The zero-order chi connectivity index (χ0) is 10.6. The number of aliphatic hydroxyl groups is 1. The molecular weight excluding hydrogens is 180 g/mol. The van der Waals surface area contributed by atoms with Crippen LogP contribution < -0.4 is 0 Å². The molecule has 4 heteroatoms. The first-order chi connectivity index (χ1) is 6.63. The van der Waals surface area contributed by atoms with Gasteiger partial charge in [-0.05, 0) is 14.1 Å². The van der Waals surface area contributed by atoms with Gasteiger partial charge in [-0.1, -0.05) is 6.92 Å². The Morgan fingerprint density at radius 1 is 1.57 bits per heavy atom. The first-order valence-electron chi connectivity index (χ1n) is 4.83. The number of hydrogen-bond donors (Lipinski definition) is 1. The molecule has 1 rings (SSSR count). The molecule has 0 fully saturated rings. The summed E-state index contributed by atoms with van der Waals surface area (Å²) in [5, 5.41) is 8.92. The van der Waals surface area contributed by atoms with Crippen molar-refractivity contribution in [1.82, 2.24) is 9.88 Å². The molecule has 80 valence electrons. The van der Waals surface area contributed by atoms with Crippen LogP contribution in [0.4, 0.5) is 0 Å². The Bertz CT molecular complexity index is 271. The molecule has 1 aromatic heterocycles. The van der Waals surface area contributed by atoms with Gasteiger partial charge in [-0.25, -0.2) is 4.98 Å². The van der Waals surface area contributed by atoms with Gasteiger partial charge in [-0.3, -0.25) is 0 Å². The van der Waals surface area contributed by atoms with Crippen LogP contribution in [-0.4, -0.2) is 42.2 Å². The second-order valence-corrected chi connectivity index (χ2v) is 3.79. The van der Waals surface area contributed by atoms with Gasteiger partial charge < -0.3 is 14.4 Å². The molecule has 1 atom stereocenters. The number of hydrogen-bond acceptors (Lipinski definition) is 4. The van der Waals surface area contributed by atoms with Gasteiger partial charge in [0, 0.05) is 18.9 Å². The van der Waals surface area contributed by atoms with Gasteiger partial charge in [0.1, 0.15) is 5.76 Å². The minimum Gasteiger partial charge on any atom is -0.445 e. The lowest BCUT2D eigenvalue weighted by Gasteiger charge is -2.06. The van der Waals surface area contributed by atoms with Crippen LogP contribution in [0.1, 0.15) is 24.5 Å². The van der Waals surface area contributed by atoms with Crippen molar-refractivity contribution in [2.75, 3.05) is 27.2 Å². The first kappa shape index (κ1) is 11.2. The van der Waals surface area contributed by atoms with Crippen LogP contribution in [0.5, 0.6) is 0 Å². The highest BCUT2D eigenvalue weighted by Gasteiger charge is 2.10. The van der Waals surface area contributed by atoms with Crippen molar-refractivity contribution in [3.63, 3.8) is 0 Å². The molecule has 0 aliphatic rings. The lowest BCUT2D eigenvalue weighted by atomic mass is 10.1. The molecule has 0 amide bonds. The number of aromatic nitrogens is 1. The summed E-state index contributed by atoms with van der Waals surface area (Å²) >= 11 is 0. The Morgan fingerprint density at radius 3 is 2.86 bits per heavy atom. The van der Waals surface area contributed by atoms with Crippen LogP contribution in [0.15, 0.2) is 10.6 Å². The van der Waals surface area contributed by atoms with Crippen molar-refractivity contribution in [3.05, 3.63) is 17.8 Å². The SMILES string of the molecule is CC(CO)c1cnc(CCN(C)C)o1. The van der Waals surface area contributed by atoms with Crippen LogP contribution >= 0.6 is 0 Å². The number of nitrogens with zero attached hydrogens (tertiary/aromatic N) is 2. The molecule has 4 nitrogen and oxygen atoms in total. The van der Waals surface area contributed by atoms with E-state index >= 15 is 0 Å². The summed E-state index contributed by atoms with van der Waals surface area (Å²) in [5.74, 6) is 1.55. The second-order valence-electron chi connectivity index (χ2n) is 3.79. The predicted octanol–water partition coefficient (Wildman–Crippen LogP) is 0.875. The van der Waals surface area contributed by atoms with Crippen LogP contribution in [0.3, 0.4) is 0 Å². The first-order valence-corrected chi connectivity index (χ1v) is 4.83. The van der Waals surface area contributed by atoms with Crippen LogP contribution in [0, 0.1) is 0 Å². The summed E-state index contributed by atoms with van der Waals surface area (Å²) in [6.07, 6.45) is 2.51. The third kappa shape index (κ3) is 3.12. The lowest BCUT2D eigenvalue weighted by molar-refractivity contribution is 0.254. The van der Waals surface area contributed by atoms with Gasteiger partial charge >= 0.3 is 0 Å². The number of oxazole rings is 1. The monoisotopic (exact) mass is 198 g/mol. The van der Waals surface area contributed by atoms with Crippen molar-refractivity contribution in [3.8, 4) is 0 Å². The molecule has 1 N–H and O–H groups in total. The fraction of sp³-hybridized carbons (Fsp3) is 0.700. The quantitative estimate of drug-likeness (QED) is 0.763. The highest BCUT2D eigenvalue weighted by Crippen LogP contribution is 2.15. The Balaban J connectivity index is 2.50. The third-order valence-electron chi connectivity index (χ3n) is 2.10. The third-order valence-corrected chi connectivity index (χ3v) is 2.10. The summed E-state index contributed by atoms with van der Waals surface area (Å²) in [4.78, 5) is 6.24. The van der Waals surface area contributed by atoms with E-state index in [0.717, 1.165) is 24.6 Å². The van der Waals surface area contributed by atoms with Crippen molar-refractivity contribution in [2.24, 2.45) is 0 Å². The normalized spacial score (nSPS) is 13.5. The molecule has 0 spiro atoms. The molecule has 14 heavy (non-hydrogen) atoms. The Labute approximate surface area is 84.6 Å². The zero-order valence-electron chi connectivity index (χ0n) is 9.03. The van der Waals surface area contributed by atoms with E-state index in [1.807, 2.05) is 21.0 Å². The molecule has 1 heterocycles. The topological polar surface area (TPSA) is 49.5 Å². The van der Waals surface area contributed by atoms with Gasteiger partial charge in [0.05, 0.1) is 12.8 Å². The molecule has 0 saturated heterocycles. The highest BCUT2D eigenvalue weighted by atomic mass is 16.4. The van der Waals surface area contributed by atoms with Crippen molar-refractivity contribution in [1.29, 1.82) is 0 Å². The smallest absolute Gasteiger partial charge is 0.195 e. The summed E-state index contributed by atoms with van der Waals surface area (Å²) in [6, 6.07) is 0. The van der Waals surface area contributed by atoms with Gasteiger partial charge in [0.25, 0.3) is 0 Å². The molecule has 0 aliphatic heterocycles. The van der Waals surface area contributed by atoms with E-state index in [1.54, 1.807) is 6.20 Å². The van der Waals surface area contributed by atoms with Crippen molar-refractivity contribution in [2.45, 2.75) is 19.3 Å². The molecular formula is C10H18N2O2. The maximum Gasteiger partial charge on any atom is 0.195 e. The largest absolute Gasteiger partial charge is 0.445 e. The van der Waals surface area contributed by atoms with Crippen LogP contribution in [0.25, 0.3) is 0 Å². The van der Waals surface area contributed by atoms with E-state index in [4.69, 9.17) is 9.52 Å². The van der Waals surface area contributed by atoms with E-state index in [1.165, 1.54) is 0 Å². The standard InChI is InChI=1S/C10H18N2O2/c1-8(7-13)9-6-11-10(14-9)4-5-12(2)3/h6,8,13H,4-5,7H2,1-3H3. The highest BCUT2D eigenvalue weighted by molar-refractivity contribution is 5.00. The molecule has 1 aromatic rings. The van der Waals surface area contributed by atoms with Crippen molar-refractivity contribution >= 4 is 0 Å². The Kier molecular flexibility index (Phi) is 4.10. The van der Waals surface area contributed by atoms with E-state index in [0.29, 0.717) is 0 Å². The Hall–Kier alpha value is -0.870. The predicted molar refractivity (Wildman–Crippen MR) is 54.3 cm³/mol. The van der Waals surface area contributed by atoms with E-state index < -0.39 is 0 Å². The van der Waals surface area contributed by atoms with E-state index in [2.05, 4.69) is 9.88 Å². The number of likely N-dealkylation sites (N-methyl/N-ethyl adjacent to an activating group) is 1. The van der Waals surface area contributed by atoms with E-state index in [-0.39, 0.29) is 12.5 Å². The Morgan fingerprint density at radius 2 is 2.29 bits per heavy atom. The molecule has 1 unspecified atom stereocenters. The maximum absolute atomic E-state index is 8.92. The number of rotatable bonds is 5. The minimum absolute atomic E-state index is 0.0376. The summed E-state index contributed by atoms with van der Waals surface area (Å²) in [5.41, 5.74) is 0. The average Bonchev–Trinajstić information content (AvgIpc) is 2.62. The summed E-state index contributed by atoms with van der Waals surface area (Å²) in [6.45, 7) is 2.94. The van der Waals surface area contributed by atoms with Gasteiger partial charge in [0.2, 0.25) is 0 Å². The molecule has 0 radical (unpaired) electrons. The molecule has 0 aliphatic carbocycles. The lowest BCUT2D eigenvalue weighted by Crippen LogP contribution is -2.15. The minimum atomic E-state index is 0.0376. The van der Waals surface area contributed by atoms with Gasteiger partial charge in [0.15, 0.2) is 5.89 Å². The maximum atomic E-state index is 8.92. The fourth-order valence-electron chi connectivity index (χ4n) is 1.08. The molecule has 0 bridgehead atoms. The molecule has 0 aromatic carbocycles. The second kappa shape index (κ2) is 5.12. The fourth-order valence-corrected chi connectivity index (χ4v) is 1.08. The van der Waals surface area contributed by atoms with Crippen LogP contribution in [0.2, 0.25) is 0 Å². The molecule has 0 saturated carbocycles. The average molecular weight is 198 g/mol. The summed E-state index contributed by atoms with van der Waals surface area (Å²) in [7, 11) is 4.03.